The first kappa shape index (κ1) is 21.8. The Morgan fingerprint density at radius 2 is 1.90 bits per heavy atom. The number of hydrogen-bond donors (Lipinski definition) is 3. The number of allylic oxidation sites excluding steroid dienone is 1. The minimum atomic E-state index is -1.00. The molecule has 0 fully saturated rings. The Morgan fingerprint density at radius 1 is 1.17 bits per heavy atom. The number of carbonyl (C=O) groups excluding carboxylic acids is 1. The monoisotopic (exact) mass is 399 g/mol. The molecule has 29 heavy (non-hydrogen) atoms. The predicted molar refractivity (Wildman–Crippen MR) is 109 cm³/mol. The largest absolute Gasteiger partial charge is 0.504 e. The molecule has 0 aliphatic rings. The van der Waals surface area contributed by atoms with Gasteiger partial charge in [-0.25, -0.2) is 9.59 Å². The summed E-state index contributed by atoms with van der Waals surface area (Å²) in [6.45, 7) is 1.95. The van der Waals surface area contributed by atoms with Crippen LogP contribution in [0.1, 0.15) is 36.5 Å². The first-order valence-electron chi connectivity index (χ1n) is 9.19. The number of ether oxygens (including phenoxy) is 2. The van der Waals surface area contributed by atoms with Crippen LogP contribution in [0.2, 0.25) is 0 Å². The molecule has 0 heterocycles. The van der Waals surface area contributed by atoms with Gasteiger partial charge in [0.15, 0.2) is 11.5 Å². The molecular weight excluding hydrogens is 374 g/mol. The molecule has 1 amide bonds. The third-order valence-corrected chi connectivity index (χ3v) is 4.22. The van der Waals surface area contributed by atoms with Crippen LogP contribution >= 0.6 is 0 Å². The van der Waals surface area contributed by atoms with Crippen LogP contribution in [-0.2, 0) is 9.53 Å². The van der Waals surface area contributed by atoms with E-state index in [2.05, 4.69) is 5.32 Å². The van der Waals surface area contributed by atoms with E-state index < -0.39 is 18.2 Å². The van der Waals surface area contributed by atoms with Crippen LogP contribution in [0.3, 0.4) is 0 Å². The summed E-state index contributed by atoms with van der Waals surface area (Å²) < 4.78 is 10.6. The molecule has 3 N–H and O–H groups in total. The van der Waals surface area contributed by atoms with Crippen molar-refractivity contribution < 1.29 is 29.3 Å². The number of aliphatic carboxylic acids is 1. The highest BCUT2D eigenvalue weighted by atomic mass is 16.6. The van der Waals surface area contributed by atoms with Crippen molar-refractivity contribution in [3.05, 3.63) is 65.7 Å². The SMILES string of the molecule is COc1ccc([C@@H](CCC/C=C/C(=O)O)OC(=O)Nc2ccc(C)cc2)cc1O. The maximum atomic E-state index is 12.4. The summed E-state index contributed by atoms with van der Waals surface area (Å²) in [6.07, 6.45) is 2.98. The van der Waals surface area contributed by atoms with Crippen molar-refractivity contribution in [2.45, 2.75) is 32.3 Å². The second-order valence-corrected chi connectivity index (χ2v) is 6.49. The Hall–Kier alpha value is -3.48. The second-order valence-electron chi connectivity index (χ2n) is 6.49. The van der Waals surface area contributed by atoms with Crippen molar-refractivity contribution >= 4 is 17.7 Å². The van der Waals surface area contributed by atoms with E-state index in [-0.39, 0.29) is 5.75 Å². The van der Waals surface area contributed by atoms with Crippen LogP contribution in [0, 0.1) is 6.92 Å². The molecule has 0 unspecified atom stereocenters. The number of hydrogen-bond acceptors (Lipinski definition) is 5. The van der Waals surface area contributed by atoms with Crippen LogP contribution in [0.15, 0.2) is 54.6 Å². The van der Waals surface area contributed by atoms with Crippen molar-refractivity contribution in [3.63, 3.8) is 0 Å². The molecule has 2 aromatic carbocycles. The van der Waals surface area contributed by atoms with Crippen molar-refractivity contribution in [2.75, 3.05) is 12.4 Å². The molecule has 1 atom stereocenters. The number of phenols is 1. The Morgan fingerprint density at radius 3 is 2.52 bits per heavy atom. The fraction of sp³-hybridized carbons (Fsp3) is 0.273. The predicted octanol–water partition coefficient (Wildman–Crippen LogP) is 4.81. The normalized spacial score (nSPS) is 11.8. The summed E-state index contributed by atoms with van der Waals surface area (Å²) in [4.78, 5) is 22.9. The van der Waals surface area contributed by atoms with E-state index in [1.54, 1.807) is 30.3 Å². The summed E-state index contributed by atoms with van der Waals surface area (Å²) in [5.41, 5.74) is 2.30. The number of rotatable bonds is 9. The van der Waals surface area contributed by atoms with E-state index in [9.17, 15) is 14.7 Å². The van der Waals surface area contributed by atoms with Crippen molar-refractivity contribution in [3.8, 4) is 11.5 Å². The van der Waals surface area contributed by atoms with Gasteiger partial charge in [-0.3, -0.25) is 5.32 Å². The van der Waals surface area contributed by atoms with E-state index in [0.29, 0.717) is 36.3 Å². The molecule has 0 bridgehead atoms. The van der Waals surface area contributed by atoms with Gasteiger partial charge in [0.1, 0.15) is 6.10 Å². The number of methoxy groups -OCH3 is 1. The minimum absolute atomic E-state index is 0.0525. The maximum absolute atomic E-state index is 12.4. The highest BCUT2D eigenvalue weighted by molar-refractivity contribution is 5.84. The lowest BCUT2D eigenvalue weighted by Gasteiger charge is -2.19. The standard InChI is InChI=1S/C22H25NO6/c1-15-8-11-17(12-9-15)23-22(27)29-19(6-4-3-5-7-21(25)26)16-10-13-20(28-2)18(24)14-16/h5,7-14,19,24H,3-4,6H2,1-2H3,(H,23,27)(H,25,26)/b7-5+/t19-/m1/s1. The number of phenolic OH excluding ortho intramolecular Hbond substituents is 1. The summed E-state index contributed by atoms with van der Waals surface area (Å²) >= 11 is 0. The number of carboxylic acids is 1. The fourth-order valence-corrected chi connectivity index (χ4v) is 2.72. The molecular formula is C22H25NO6. The lowest BCUT2D eigenvalue weighted by Crippen LogP contribution is -2.17. The van der Waals surface area contributed by atoms with Crippen LogP contribution < -0.4 is 10.1 Å². The smallest absolute Gasteiger partial charge is 0.412 e. The lowest BCUT2D eigenvalue weighted by atomic mass is 10.0. The number of aromatic hydroxyl groups is 1. The molecule has 7 heteroatoms. The first-order valence-corrected chi connectivity index (χ1v) is 9.19. The lowest BCUT2D eigenvalue weighted by molar-refractivity contribution is -0.131. The number of aryl methyl sites for hydroxylation is 1. The third kappa shape index (κ3) is 7.21. The third-order valence-electron chi connectivity index (χ3n) is 4.22. The van der Waals surface area contributed by atoms with Crippen LogP contribution in [0.5, 0.6) is 11.5 Å². The number of unbranched alkanes of at least 4 members (excludes halogenated alkanes) is 1. The average molecular weight is 399 g/mol. The Labute approximate surface area is 169 Å². The molecule has 0 spiro atoms. The van der Waals surface area contributed by atoms with Crippen LogP contribution in [0.25, 0.3) is 0 Å². The van der Waals surface area contributed by atoms with Gasteiger partial charge in [0.05, 0.1) is 7.11 Å². The highest BCUT2D eigenvalue weighted by Crippen LogP contribution is 2.32. The minimum Gasteiger partial charge on any atom is -0.504 e. The zero-order valence-corrected chi connectivity index (χ0v) is 16.4. The Kier molecular flexibility index (Phi) is 8.09. The summed E-state index contributed by atoms with van der Waals surface area (Å²) in [7, 11) is 1.45. The highest BCUT2D eigenvalue weighted by Gasteiger charge is 2.18. The van der Waals surface area contributed by atoms with Crippen molar-refractivity contribution in [1.82, 2.24) is 0 Å². The van der Waals surface area contributed by atoms with Gasteiger partial charge in [0.2, 0.25) is 0 Å². The van der Waals surface area contributed by atoms with Crippen molar-refractivity contribution in [1.29, 1.82) is 0 Å². The molecule has 0 saturated carbocycles. The van der Waals surface area contributed by atoms with Gasteiger partial charge in [-0.1, -0.05) is 29.8 Å². The maximum Gasteiger partial charge on any atom is 0.412 e. The van der Waals surface area contributed by atoms with E-state index in [1.807, 2.05) is 19.1 Å². The first-order chi connectivity index (χ1) is 13.9. The van der Waals surface area contributed by atoms with Crippen LogP contribution in [-0.4, -0.2) is 29.4 Å². The fourth-order valence-electron chi connectivity index (χ4n) is 2.72. The van der Waals surface area contributed by atoms with Gasteiger partial charge in [-0.15, -0.1) is 0 Å². The number of carbonyl (C=O) groups is 2. The average Bonchev–Trinajstić information content (AvgIpc) is 2.68. The molecule has 0 aliphatic carbocycles. The van der Waals surface area contributed by atoms with E-state index in [4.69, 9.17) is 14.6 Å². The Balaban J connectivity index is 2.08. The van der Waals surface area contributed by atoms with Gasteiger partial charge in [0.25, 0.3) is 0 Å². The topological polar surface area (TPSA) is 105 Å². The van der Waals surface area contributed by atoms with Gasteiger partial charge in [-0.2, -0.15) is 0 Å². The number of nitrogens with one attached hydrogen (secondary N) is 1. The zero-order chi connectivity index (χ0) is 21.2. The molecule has 0 saturated heterocycles. The molecule has 0 aliphatic heterocycles. The molecule has 2 aromatic rings. The van der Waals surface area contributed by atoms with Crippen LogP contribution in [0.4, 0.5) is 10.5 Å². The quantitative estimate of drug-likeness (QED) is 0.413. The molecule has 0 aromatic heterocycles. The molecule has 0 radical (unpaired) electrons. The molecule has 154 valence electrons. The van der Waals surface area contributed by atoms with Crippen molar-refractivity contribution in [2.24, 2.45) is 0 Å². The van der Waals surface area contributed by atoms with Gasteiger partial charge in [-0.05, 0) is 56.0 Å². The number of carboxylic acid groups (broad SMARTS) is 1. The molecule has 2 rings (SSSR count). The van der Waals surface area contributed by atoms with E-state index in [1.165, 1.54) is 13.2 Å². The van der Waals surface area contributed by atoms with Gasteiger partial charge >= 0.3 is 12.1 Å². The summed E-state index contributed by atoms with van der Waals surface area (Å²) in [6, 6.07) is 12.1. The zero-order valence-electron chi connectivity index (χ0n) is 16.4. The summed E-state index contributed by atoms with van der Waals surface area (Å²) in [5, 5.41) is 21.4. The molecule has 7 nitrogen and oxygen atoms in total. The second kappa shape index (κ2) is 10.8. The van der Waals surface area contributed by atoms with Gasteiger partial charge in [0, 0.05) is 11.8 Å². The number of anilines is 1. The Bertz CT molecular complexity index is 860. The van der Waals surface area contributed by atoms with Gasteiger partial charge < -0.3 is 19.7 Å². The summed E-state index contributed by atoms with van der Waals surface area (Å²) in [5.74, 6) is -0.736. The number of amides is 1. The van der Waals surface area contributed by atoms with E-state index >= 15 is 0 Å². The number of benzene rings is 2. The van der Waals surface area contributed by atoms with E-state index in [0.717, 1.165) is 11.6 Å².